The minimum Gasteiger partial charge on any atom is -0.325 e. The third-order valence-corrected chi connectivity index (χ3v) is 8.09. The van der Waals surface area contributed by atoms with Gasteiger partial charge in [-0.25, -0.2) is 4.98 Å². The Hall–Kier alpha value is -2.61. The lowest BCUT2D eigenvalue weighted by Crippen LogP contribution is -2.23. The molecule has 0 radical (unpaired) electrons. The standard InChI is InChI=1S/C25H22ClN3O2S2/c1-15-6-12-18(13-7-15)29-24(31)22-19-4-2-3-5-20(19)33-23(22)28-25(29)32-14-21(30)27-17-10-8-16(26)9-11-17/h6-13H,2-5,14H2,1H3,(H,27,30). The van der Waals surface area contributed by atoms with Crippen LogP contribution in [0.2, 0.25) is 5.02 Å². The highest BCUT2D eigenvalue weighted by Gasteiger charge is 2.23. The number of aromatic nitrogens is 2. The van der Waals surface area contributed by atoms with Gasteiger partial charge in [0.2, 0.25) is 5.91 Å². The second-order valence-corrected chi connectivity index (χ2v) is 10.6. The lowest BCUT2D eigenvalue weighted by molar-refractivity contribution is -0.113. The van der Waals surface area contributed by atoms with Gasteiger partial charge in [-0.2, -0.15) is 0 Å². The Labute approximate surface area is 204 Å². The fraction of sp³-hybridized carbons (Fsp3) is 0.240. The summed E-state index contributed by atoms with van der Waals surface area (Å²) in [6.07, 6.45) is 4.19. The van der Waals surface area contributed by atoms with Crippen LogP contribution >= 0.6 is 34.7 Å². The molecular weight excluding hydrogens is 474 g/mol. The molecular formula is C25H22ClN3O2S2. The van der Waals surface area contributed by atoms with Crippen molar-refractivity contribution >= 4 is 56.5 Å². The van der Waals surface area contributed by atoms with Gasteiger partial charge in [0.25, 0.3) is 5.56 Å². The maximum absolute atomic E-state index is 13.7. The summed E-state index contributed by atoms with van der Waals surface area (Å²) >= 11 is 8.81. The average molecular weight is 496 g/mol. The van der Waals surface area contributed by atoms with E-state index in [1.54, 1.807) is 40.2 Å². The Balaban J connectivity index is 1.51. The molecule has 168 valence electrons. The number of halogens is 1. The number of amides is 1. The van der Waals surface area contributed by atoms with Crippen LogP contribution in [0.5, 0.6) is 0 Å². The molecule has 0 spiro atoms. The lowest BCUT2D eigenvalue weighted by atomic mass is 9.97. The summed E-state index contributed by atoms with van der Waals surface area (Å²) in [5.41, 5.74) is 3.66. The number of hydrogen-bond acceptors (Lipinski definition) is 5. The number of benzene rings is 2. The number of fused-ring (bicyclic) bond motifs is 3. The first-order valence-electron chi connectivity index (χ1n) is 10.8. The quantitative estimate of drug-likeness (QED) is 0.271. The van der Waals surface area contributed by atoms with Gasteiger partial charge >= 0.3 is 0 Å². The monoisotopic (exact) mass is 495 g/mol. The maximum atomic E-state index is 13.7. The molecule has 4 aromatic rings. The van der Waals surface area contributed by atoms with E-state index in [-0.39, 0.29) is 17.2 Å². The van der Waals surface area contributed by atoms with Crippen LogP contribution in [-0.4, -0.2) is 21.2 Å². The zero-order valence-electron chi connectivity index (χ0n) is 18.1. The van der Waals surface area contributed by atoms with Gasteiger partial charge in [0.15, 0.2) is 5.16 Å². The molecule has 1 amide bonds. The van der Waals surface area contributed by atoms with Crippen molar-refractivity contribution in [3.05, 3.63) is 79.9 Å². The summed E-state index contributed by atoms with van der Waals surface area (Å²) in [7, 11) is 0. The van der Waals surface area contributed by atoms with Crippen LogP contribution in [0, 0.1) is 6.92 Å². The van der Waals surface area contributed by atoms with Crippen molar-refractivity contribution in [2.45, 2.75) is 37.8 Å². The van der Waals surface area contributed by atoms with Crippen LogP contribution in [-0.2, 0) is 17.6 Å². The molecule has 0 unspecified atom stereocenters. The van der Waals surface area contributed by atoms with Gasteiger partial charge in [-0.3, -0.25) is 14.2 Å². The molecule has 0 saturated heterocycles. The number of nitrogens with zero attached hydrogens (tertiary/aromatic N) is 2. The Kier molecular flexibility index (Phi) is 6.27. The SMILES string of the molecule is Cc1ccc(-n2c(SCC(=O)Nc3ccc(Cl)cc3)nc3sc4c(c3c2=O)CCCC4)cc1. The summed E-state index contributed by atoms with van der Waals surface area (Å²) in [6, 6.07) is 14.8. The number of hydrogen-bond donors (Lipinski definition) is 1. The minimum absolute atomic E-state index is 0.0520. The zero-order chi connectivity index (χ0) is 22.9. The van der Waals surface area contributed by atoms with Crippen molar-refractivity contribution in [3.63, 3.8) is 0 Å². The molecule has 2 aromatic heterocycles. The predicted octanol–water partition coefficient (Wildman–Crippen LogP) is 6.02. The number of thiophene rings is 1. The maximum Gasteiger partial charge on any atom is 0.267 e. The fourth-order valence-electron chi connectivity index (χ4n) is 4.07. The van der Waals surface area contributed by atoms with E-state index in [4.69, 9.17) is 16.6 Å². The Morgan fingerprint density at radius 3 is 2.61 bits per heavy atom. The first-order valence-corrected chi connectivity index (χ1v) is 13.0. The summed E-state index contributed by atoms with van der Waals surface area (Å²) in [4.78, 5) is 33.3. The van der Waals surface area contributed by atoms with Gasteiger partial charge in [-0.15, -0.1) is 11.3 Å². The first-order chi connectivity index (χ1) is 16.0. The Morgan fingerprint density at radius 2 is 1.85 bits per heavy atom. The van der Waals surface area contributed by atoms with Gasteiger partial charge in [0.05, 0.1) is 16.8 Å². The van der Waals surface area contributed by atoms with E-state index in [0.717, 1.165) is 52.7 Å². The second-order valence-electron chi connectivity index (χ2n) is 8.11. The third-order valence-electron chi connectivity index (χ3n) is 5.71. The summed E-state index contributed by atoms with van der Waals surface area (Å²) in [5.74, 6) is -0.0325. The van der Waals surface area contributed by atoms with Crippen LogP contribution in [0.25, 0.3) is 15.9 Å². The smallest absolute Gasteiger partial charge is 0.267 e. The highest BCUT2D eigenvalue weighted by atomic mass is 35.5. The molecule has 5 nitrogen and oxygen atoms in total. The number of carbonyl (C=O) groups is 1. The van der Waals surface area contributed by atoms with E-state index in [0.29, 0.717) is 15.9 Å². The average Bonchev–Trinajstić information content (AvgIpc) is 3.19. The topological polar surface area (TPSA) is 64.0 Å². The van der Waals surface area contributed by atoms with Crippen molar-refractivity contribution < 1.29 is 4.79 Å². The van der Waals surface area contributed by atoms with Crippen molar-refractivity contribution in [1.82, 2.24) is 9.55 Å². The number of carbonyl (C=O) groups excluding carboxylic acids is 1. The highest BCUT2D eigenvalue weighted by Crippen LogP contribution is 2.35. The van der Waals surface area contributed by atoms with Crippen LogP contribution in [0.4, 0.5) is 5.69 Å². The Morgan fingerprint density at radius 1 is 1.12 bits per heavy atom. The van der Waals surface area contributed by atoms with Crippen molar-refractivity contribution in [2.75, 3.05) is 11.1 Å². The summed E-state index contributed by atoms with van der Waals surface area (Å²) < 4.78 is 1.66. The van der Waals surface area contributed by atoms with Crippen molar-refractivity contribution in [3.8, 4) is 5.69 Å². The van der Waals surface area contributed by atoms with Crippen molar-refractivity contribution in [1.29, 1.82) is 0 Å². The molecule has 0 fully saturated rings. The van der Waals surface area contributed by atoms with E-state index in [1.807, 2.05) is 31.2 Å². The fourth-order valence-corrected chi connectivity index (χ4v) is 6.31. The second kappa shape index (κ2) is 9.33. The van der Waals surface area contributed by atoms with Gasteiger partial charge in [0.1, 0.15) is 4.83 Å². The van der Waals surface area contributed by atoms with E-state index in [2.05, 4.69) is 5.32 Å². The molecule has 0 aliphatic heterocycles. The normalized spacial score (nSPS) is 13.2. The van der Waals surface area contributed by atoms with Gasteiger partial charge < -0.3 is 5.32 Å². The minimum atomic E-state index is -0.169. The molecule has 1 aliphatic rings. The van der Waals surface area contributed by atoms with Crippen LogP contribution in [0.15, 0.2) is 58.5 Å². The van der Waals surface area contributed by atoms with E-state index < -0.39 is 0 Å². The lowest BCUT2D eigenvalue weighted by Gasteiger charge is -2.14. The third kappa shape index (κ3) is 4.58. The molecule has 1 N–H and O–H groups in total. The van der Waals surface area contributed by atoms with Gasteiger partial charge in [-0.05, 0) is 74.6 Å². The summed E-state index contributed by atoms with van der Waals surface area (Å²) in [5, 5.41) is 4.75. The van der Waals surface area contributed by atoms with E-state index >= 15 is 0 Å². The van der Waals surface area contributed by atoms with Crippen LogP contribution < -0.4 is 10.9 Å². The molecule has 2 aromatic carbocycles. The van der Waals surface area contributed by atoms with E-state index in [1.165, 1.54) is 16.6 Å². The molecule has 5 rings (SSSR count). The van der Waals surface area contributed by atoms with Crippen LogP contribution in [0.3, 0.4) is 0 Å². The van der Waals surface area contributed by atoms with Gasteiger partial charge in [-0.1, -0.05) is 41.1 Å². The van der Waals surface area contributed by atoms with Gasteiger partial charge in [0, 0.05) is 15.6 Å². The van der Waals surface area contributed by atoms with E-state index in [9.17, 15) is 9.59 Å². The molecule has 8 heteroatoms. The molecule has 33 heavy (non-hydrogen) atoms. The predicted molar refractivity (Wildman–Crippen MR) is 137 cm³/mol. The molecule has 0 saturated carbocycles. The number of thioether (sulfide) groups is 1. The number of rotatable bonds is 5. The first kappa shape index (κ1) is 22.2. The number of anilines is 1. The number of aryl methyl sites for hydroxylation is 3. The molecule has 2 heterocycles. The summed E-state index contributed by atoms with van der Waals surface area (Å²) in [6.45, 7) is 2.01. The molecule has 0 atom stereocenters. The largest absolute Gasteiger partial charge is 0.325 e. The zero-order valence-corrected chi connectivity index (χ0v) is 20.4. The molecule has 1 aliphatic carbocycles. The van der Waals surface area contributed by atoms with Crippen molar-refractivity contribution in [2.24, 2.45) is 0 Å². The Bertz CT molecular complexity index is 1390. The van der Waals surface area contributed by atoms with Crippen LogP contribution in [0.1, 0.15) is 28.8 Å². The molecule has 0 bridgehead atoms. The number of nitrogens with one attached hydrogen (secondary N) is 1. The highest BCUT2D eigenvalue weighted by molar-refractivity contribution is 7.99.